The second kappa shape index (κ2) is 6.66. The highest BCUT2D eigenvalue weighted by molar-refractivity contribution is 5.81. The van der Waals surface area contributed by atoms with E-state index < -0.39 is 11.7 Å². The van der Waals surface area contributed by atoms with Gasteiger partial charge in [-0.2, -0.15) is 15.0 Å². The minimum absolute atomic E-state index is 0.206. The molecule has 2 unspecified atom stereocenters. The predicted molar refractivity (Wildman–Crippen MR) is 93.3 cm³/mol. The summed E-state index contributed by atoms with van der Waals surface area (Å²) < 4.78 is 19.5. The van der Waals surface area contributed by atoms with Crippen molar-refractivity contribution in [1.82, 2.24) is 20.3 Å². The normalized spacial score (nSPS) is 17.8. The molecule has 2 atom stereocenters. The third-order valence-electron chi connectivity index (χ3n) is 4.21. The molecule has 2 aromatic rings. The van der Waals surface area contributed by atoms with E-state index in [1.54, 1.807) is 20.8 Å². The third-order valence-corrected chi connectivity index (χ3v) is 4.21. The number of benzene rings is 1. The summed E-state index contributed by atoms with van der Waals surface area (Å²) in [5, 5.41) is 11.5. The summed E-state index contributed by atoms with van der Waals surface area (Å²) in [4.78, 5) is 24.3. The van der Waals surface area contributed by atoms with E-state index in [1.165, 1.54) is 10.9 Å². The minimum atomic E-state index is -0.574. The lowest BCUT2D eigenvalue weighted by molar-refractivity contribution is -0.110. The number of rotatable bonds is 4. The van der Waals surface area contributed by atoms with Crippen molar-refractivity contribution in [2.24, 2.45) is 5.92 Å². The second-order valence-electron chi connectivity index (χ2n) is 7.79. The fourth-order valence-corrected chi connectivity index (χ4v) is 3.18. The van der Waals surface area contributed by atoms with Crippen LogP contribution in [0.1, 0.15) is 38.8 Å². The maximum atomic E-state index is 14.3. The highest BCUT2D eigenvalue weighted by Gasteiger charge is 2.28. The summed E-state index contributed by atoms with van der Waals surface area (Å²) in [6, 6.07) is 1.09. The number of nitrogens with zero attached hydrogens (tertiary/aromatic N) is 3. The first-order valence-corrected chi connectivity index (χ1v) is 8.66. The third kappa shape index (κ3) is 3.84. The molecule has 0 spiro atoms. The van der Waals surface area contributed by atoms with E-state index in [9.17, 15) is 14.0 Å². The number of fused-ring (bicyclic) bond motifs is 3. The van der Waals surface area contributed by atoms with Crippen LogP contribution in [0, 0.1) is 11.7 Å². The molecule has 26 heavy (non-hydrogen) atoms. The monoisotopic (exact) mass is 362 g/mol. The summed E-state index contributed by atoms with van der Waals surface area (Å²) in [5.74, 6) is -0.549. The fourth-order valence-electron chi connectivity index (χ4n) is 3.18. The van der Waals surface area contributed by atoms with E-state index in [0.29, 0.717) is 36.0 Å². The minimum Gasteiger partial charge on any atom is -0.444 e. The molecule has 1 aromatic heterocycles. The first kappa shape index (κ1) is 18.3. The van der Waals surface area contributed by atoms with Gasteiger partial charge < -0.3 is 14.8 Å². The van der Waals surface area contributed by atoms with Gasteiger partial charge in [0, 0.05) is 12.0 Å². The van der Waals surface area contributed by atoms with E-state index in [0.717, 1.165) is 11.8 Å². The summed E-state index contributed by atoms with van der Waals surface area (Å²) in [5.41, 5.74) is 1.82. The van der Waals surface area contributed by atoms with Crippen molar-refractivity contribution in [2.45, 2.75) is 58.7 Å². The van der Waals surface area contributed by atoms with Crippen LogP contribution in [-0.4, -0.2) is 39.0 Å². The molecule has 0 saturated heterocycles. The van der Waals surface area contributed by atoms with E-state index in [-0.39, 0.29) is 17.8 Å². The lowest BCUT2D eigenvalue weighted by atomic mass is 10.1. The molecule has 1 aliphatic carbocycles. The largest absolute Gasteiger partial charge is 0.444 e. The van der Waals surface area contributed by atoms with E-state index >= 15 is 0 Å². The van der Waals surface area contributed by atoms with E-state index in [2.05, 4.69) is 15.5 Å². The molecule has 0 bridgehead atoms. The summed E-state index contributed by atoms with van der Waals surface area (Å²) in [6.45, 7) is 7.51. The van der Waals surface area contributed by atoms with Crippen LogP contribution in [-0.2, 0) is 28.9 Å². The van der Waals surface area contributed by atoms with Crippen molar-refractivity contribution < 1.29 is 18.7 Å². The topological polar surface area (TPSA) is 86.1 Å². The van der Waals surface area contributed by atoms with Crippen molar-refractivity contribution >= 4 is 23.4 Å². The summed E-state index contributed by atoms with van der Waals surface area (Å²) in [7, 11) is 0. The van der Waals surface area contributed by atoms with Crippen molar-refractivity contribution in [3.05, 3.63) is 23.0 Å². The number of carbonyl (C=O) groups is 2. The summed E-state index contributed by atoms with van der Waals surface area (Å²) in [6.07, 6.45) is 1.24. The molecule has 1 N–H and O–H groups in total. The molecule has 1 amide bonds. The number of aldehydes is 1. The molecule has 0 fully saturated rings. The number of hydrogen-bond donors (Lipinski definition) is 1. The van der Waals surface area contributed by atoms with Crippen LogP contribution >= 0.6 is 0 Å². The van der Waals surface area contributed by atoms with Gasteiger partial charge in [0.05, 0.1) is 12.6 Å². The Morgan fingerprint density at radius 3 is 2.77 bits per heavy atom. The molecular weight excluding hydrogens is 339 g/mol. The van der Waals surface area contributed by atoms with Crippen LogP contribution in [0.4, 0.5) is 9.18 Å². The second-order valence-corrected chi connectivity index (χ2v) is 7.79. The van der Waals surface area contributed by atoms with Gasteiger partial charge in [0.1, 0.15) is 28.7 Å². The average molecular weight is 362 g/mol. The van der Waals surface area contributed by atoms with Crippen molar-refractivity contribution in [1.29, 1.82) is 0 Å². The first-order chi connectivity index (χ1) is 12.2. The molecule has 1 aromatic carbocycles. The Morgan fingerprint density at radius 1 is 1.42 bits per heavy atom. The van der Waals surface area contributed by atoms with Gasteiger partial charge in [0.25, 0.3) is 0 Å². The highest BCUT2D eigenvalue weighted by atomic mass is 19.1. The van der Waals surface area contributed by atoms with Crippen molar-refractivity contribution in [2.75, 3.05) is 0 Å². The molecule has 7 nitrogen and oxygen atoms in total. The van der Waals surface area contributed by atoms with Gasteiger partial charge in [-0.25, -0.2) is 9.18 Å². The average Bonchev–Trinajstić information content (AvgIpc) is 3.08. The van der Waals surface area contributed by atoms with Gasteiger partial charge in [0.2, 0.25) is 0 Å². The number of hydrogen-bond acceptors (Lipinski definition) is 5. The standard InChI is InChI=1S/C18H23FN4O3/c1-10(20-17(25)26-18(2,3)4)8-23-21-15-7-14(19)12-5-11(9-24)6-13(12)16(15)22-23/h7,9-11H,5-6,8H2,1-4H3,(H,20,25). The molecule has 0 saturated carbocycles. The van der Waals surface area contributed by atoms with Gasteiger partial charge in [-0.3, -0.25) is 0 Å². The van der Waals surface area contributed by atoms with Crippen molar-refractivity contribution in [3.63, 3.8) is 0 Å². The van der Waals surface area contributed by atoms with Crippen LogP contribution in [0.2, 0.25) is 0 Å². The number of carbonyl (C=O) groups excluding carboxylic acids is 2. The van der Waals surface area contributed by atoms with Gasteiger partial charge in [0.15, 0.2) is 0 Å². The van der Waals surface area contributed by atoms with Crippen LogP contribution in [0.15, 0.2) is 6.07 Å². The number of alkyl carbamates (subject to hydrolysis) is 1. The molecule has 1 heterocycles. The van der Waals surface area contributed by atoms with Crippen molar-refractivity contribution in [3.8, 4) is 0 Å². The molecule has 1 aliphatic rings. The number of ether oxygens (including phenoxy) is 1. The molecule has 0 aliphatic heterocycles. The number of nitrogens with one attached hydrogen (secondary N) is 1. The molecule has 3 rings (SSSR count). The van der Waals surface area contributed by atoms with Gasteiger partial charge >= 0.3 is 6.09 Å². The number of halogens is 1. The summed E-state index contributed by atoms with van der Waals surface area (Å²) >= 11 is 0. The quantitative estimate of drug-likeness (QED) is 0.844. The molecule has 8 heteroatoms. The van der Waals surface area contributed by atoms with Crippen LogP contribution < -0.4 is 5.32 Å². The Balaban J connectivity index is 1.76. The maximum Gasteiger partial charge on any atom is 0.407 e. The Kier molecular flexibility index (Phi) is 4.68. The zero-order valence-corrected chi connectivity index (χ0v) is 15.4. The van der Waals surface area contributed by atoms with Crippen LogP contribution in [0.25, 0.3) is 11.0 Å². The Morgan fingerprint density at radius 2 is 2.12 bits per heavy atom. The number of aromatic nitrogens is 3. The molecule has 0 radical (unpaired) electrons. The van der Waals surface area contributed by atoms with E-state index in [1.807, 2.05) is 6.92 Å². The number of amides is 1. The Bertz CT molecular complexity index is 856. The predicted octanol–water partition coefficient (Wildman–Crippen LogP) is 2.40. The van der Waals surface area contributed by atoms with Crippen LogP contribution in [0.3, 0.4) is 0 Å². The fraction of sp³-hybridized carbons (Fsp3) is 0.556. The lowest BCUT2D eigenvalue weighted by Gasteiger charge is -2.21. The van der Waals surface area contributed by atoms with Crippen LogP contribution in [0.5, 0.6) is 0 Å². The maximum absolute atomic E-state index is 14.3. The zero-order chi connectivity index (χ0) is 19.1. The van der Waals surface area contributed by atoms with E-state index in [4.69, 9.17) is 4.74 Å². The van der Waals surface area contributed by atoms with Gasteiger partial charge in [-0.05, 0) is 51.7 Å². The first-order valence-electron chi connectivity index (χ1n) is 8.66. The zero-order valence-electron chi connectivity index (χ0n) is 15.4. The molecule has 140 valence electrons. The Hall–Kier alpha value is -2.51. The van der Waals surface area contributed by atoms with Gasteiger partial charge in [-0.15, -0.1) is 0 Å². The highest BCUT2D eigenvalue weighted by Crippen LogP contribution is 2.32. The smallest absolute Gasteiger partial charge is 0.407 e. The Labute approximate surface area is 150 Å². The molecular formula is C18H23FN4O3. The van der Waals surface area contributed by atoms with Gasteiger partial charge in [-0.1, -0.05) is 0 Å². The SMILES string of the molecule is CC(Cn1nc2cc(F)c3c(c2n1)CC(C=O)C3)NC(=O)OC(C)(C)C. The lowest BCUT2D eigenvalue weighted by Crippen LogP contribution is -2.39.